The van der Waals surface area contributed by atoms with Crippen LogP contribution < -0.4 is 20.9 Å². The summed E-state index contributed by atoms with van der Waals surface area (Å²) in [6, 6.07) is 12.5. The largest absolute Gasteiger partial charge is 0.367 e. The number of amides is 4. The summed E-state index contributed by atoms with van der Waals surface area (Å²) in [5, 5.41) is 8.22. The van der Waals surface area contributed by atoms with E-state index in [9.17, 15) is 23.2 Å². The lowest BCUT2D eigenvalue weighted by molar-refractivity contribution is -0.134. The molecule has 0 aromatic heterocycles. The number of carbonyl (C=O) groups is 3. The second kappa shape index (κ2) is 7.76. The van der Waals surface area contributed by atoms with Crippen molar-refractivity contribution in [3.05, 3.63) is 65.2 Å². The molecule has 7 nitrogen and oxygen atoms in total. The van der Waals surface area contributed by atoms with E-state index in [4.69, 9.17) is 0 Å². The summed E-state index contributed by atoms with van der Waals surface area (Å²) in [6.45, 7) is 0.871. The van der Waals surface area contributed by atoms with E-state index < -0.39 is 29.4 Å². The number of urea groups is 1. The maximum absolute atomic E-state index is 14.8. The smallest absolute Gasteiger partial charge is 0.315 e. The summed E-state index contributed by atoms with van der Waals surface area (Å²) in [5.74, 6) is -3.74. The lowest BCUT2D eigenvalue weighted by Crippen LogP contribution is -2.78. The highest BCUT2D eigenvalue weighted by atomic mass is 19.1. The molecule has 1 atom stereocenters. The third kappa shape index (κ3) is 3.64. The fourth-order valence-electron chi connectivity index (χ4n) is 6.32. The predicted octanol–water partition coefficient (Wildman–Crippen LogP) is 2.85. The van der Waals surface area contributed by atoms with Crippen LogP contribution in [0.5, 0.6) is 0 Å². The number of nitrogens with one attached hydrogen (secondary N) is 3. The van der Waals surface area contributed by atoms with Gasteiger partial charge in [-0.1, -0.05) is 30.3 Å². The van der Waals surface area contributed by atoms with Gasteiger partial charge in [-0.2, -0.15) is 0 Å². The number of carbonyl (C=O) groups excluding carboxylic acids is 3. The molecule has 1 unspecified atom stereocenters. The van der Waals surface area contributed by atoms with Gasteiger partial charge in [0.05, 0.1) is 12.0 Å². The van der Waals surface area contributed by atoms with Gasteiger partial charge in [-0.15, -0.1) is 0 Å². The number of hydrogen-bond donors (Lipinski definition) is 3. The second-order valence-corrected chi connectivity index (χ2v) is 10.5. The molecule has 4 amide bonds. The van der Waals surface area contributed by atoms with Crippen molar-refractivity contribution in [2.24, 2.45) is 0 Å². The third-order valence-corrected chi connectivity index (χ3v) is 8.03. The number of rotatable bonds is 5. The van der Waals surface area contributed by atoms with Crippen molar-refractivity contribution in [3.63, 3.8) is 0 Å². The van der Waals surface area contributed by atoms with E-state index in [1.54, 1.807) is 4.90 Å². The monoisotopic (exact) mass is 480 g/mol. The minimum atomic E-state index is -1.02. The highest BCUT2D eigenvalue weighted by molar-refractivity contribution is 6.01. The summed E-state index contributed by atoms with van der Waals surface area (Å²) in [5.41, 5.74) is 1.47. The molecule has 0 radical (unpaired) electrons. The van der Waals surface area contributed by atoms with E-state index in [-0.39, 0.29) is 41.4 Å². The molecule has 2 bridgehead atoms. The van der Waals surface area contributed by atoms with Crippen LogP contribution in [0.15, 0.2) is 42.5 Å². The first-order chi connectivity index (χ1) is 16.8. The average molecular weight is 481 g/mol. The minimum Gasteiger partial charge on any atom is -0.367 e. The Balaban J connectivity index is 1.01. The van der Waals surface area contributed by atoms with E-state index in [2.05, 4.69) is 28.1 Å². The van der Waals surface area contributed by atoms with Gasteiger partial charge in [0.2, 0.25) is 11.8 Å². The van der Waals surface area contributed by atoms with Crippen molar-refractivity contribution in [1.29, 1.82) is 0 Å². The average Bonchev–Trinajstić information content (AvgIpc) is 2.73. The second-order valence-electron chi connectivity index (χ2n) is 10.5. The number of anilines is 1. The Kier molecular flexibility index (Phi) is 4.88. The van der Waals surface area contributed by atoms with Crippen LogP contribution in [0.25, 0.3) is 0 Å². The van der Waals surface area contributed by atoms with E-state index in [0.717, 1.165) is 19.3 Å². The molecule has 2 aromatic carbocycles. The standard InChI is InChI=1S/C26H26F2N4O3/c27-19-8-17(9-20(28)22(19)18-6-7-21(33)30-23(18)34)32-10-16(11-32)29-24(35)31-26-12-25(13-26,14-26)15-4-2-1-3-5-15/h1-5,8-9,16,18H,6-7,10-14H2,(H2,29,31,35)(H,30,33,34). The highest BCUT2D eigenvalue weighted by Crippen LogP contribution is 2.67. The Labute approximate surface area is 201 Å². The Morgan fingerprint density at radius 3 is 2.31 bits per heavy atom. The number of benzene rings is 2. The van der Waals surface area contributed by atoms with Gasteiger partial charge in [-0.25, -0.2) is 13.6 Å². The zero-order chi connectivity index (χ0) is 24.4. The zero-order valence-electron chi connectivity index (χ0n) is 19.1. The normalized spacial score (nSPS) is 29.4. The third-order valence-electron chi connectivity index (χ3n) is 8.03. The number of nitrogens with zero attached hydrogens (tertiary/aromatic N) is 1. The lowest BCUT2D eigenvalue weighted by atomic mass is 9.37. The first-order valence-electron chi connectivity index (χ1n) is 12.0. The number of piperidine rings is 1. The van der Waals surface area contributed by atoms with Gasteiger partial charge in [-0.05, 0) is 43.4 Å². The molecule has 7 rings (SSSR count). The van der Waals surface area contributed by atoms with Crippen molar-refractivity contribution < 1.29 is 23.2 Å². The molecular formula is C26H26F2N4O3. The molecule has 3 saturated carbocycles. The summed E-state index contributed by atoms with van der Waals surface area (Å²) in [6.07, 6.45) is 2.98. The van der Waals surface area contributed by atoms with Gasteiger partial charge in [0.1, 0.15) is 11.6 Å². The Morgan fingerprint density at radius 2 is 1.69 bits per heavy atom. The fourth-order valence-corrected chi connectivity index (χ4v) is 6.32. The van der Waals surface area contributed by atoms with Crippen molar-refractivity contribution in [2.75, 3.05) is 18.0 Å². The maximum atomic E-state index is 14.8. The molecule has 5 aliphatic rings. The van der Waals surface area contributed by atoms with Gasteiger partial charge in [0.15, 0.2) is 0 Å². The summed E-state index contributed by atoms with van der Waals surface area (Å²) >= 11 is 0. The molecule has 3 aliphatic carbocycles. The molecule has 2 saturated heterocycles. The first kappa shape index (κ1) is 22.0. The van der Waals surface area contributed by atoms with E-state index in [1.807, 2.05) is 18.2 Å². The quantitative estimate of drug-likeness (QED) is 0.574. The summed E-state index contributed by atoms with van der Waals surface area (Å²) in [7, 11) is 0. The molecule has 2 heterocycles. The van der Waals surface area contributed by atoms with E-state index in [0.29, 0.717) is 18.8 Å². The molecule has 2 aliphatic heterocycles. The zero-order valence-corrected chi connectivity index (χ0v) is 19.1. The van der Waals surface area contributed by atoms with Gasteiger partial charge >= 0.3 is 6.03 Å². The van der Waals surface area contributed by atoms with Crippen LogP contribution in [-0.4, -0.2) is 42.5 Å². The van der Waals surface area contributed by atoms with Crippen molar-refractivity contribution in [3.8, 4) is 0 Å². The summed E-state index contributed by atoms with van der Waals surface area (Å²) < 4.78 is 29.5. The Hall–Kier alpha value is -3.49. The molecular weight excluding hydrogens is 454 g/mol. The van der Waals surface area contributed by atoms with E-state index >= 15 is 0 Å². The molecule has 3 N–H and O–H groups in total. The number of hydrogen-bond acceptors (Lipinski definition) is 4. The summed E-state index contributed by atoms with van der Waals surface area (Å²) in [4.78, 5) is 37.7. The first-order valence-corrected chi connectivity index (χ1v) is 12.0. The number of halogens is 2. The fraction of sp³-hybridized carbons (Fsp3) is 0.423. The van der Waals surface area contributed by atoms with Crippen LogP contribution in [0.4, 0.5) is 19.3 Å². The van der Waals surface area contributed by atoms with Crippen LogP contribution in [0, 0.1) is 11.6 Å². The van der Waals surface area contributed by atoms with Crippen LogP contribution in [0.2, 0.25) is 0 Å². The highest BCUT2D eigenvalue weighted by Gasteiger charge is 2.69. The van der Waals surface area contributed by atoms with Gasteiger partial charge in [0.25, 0.3) is 0 Å². The van der Waals surface area contributed by atoms with Crippen LogP contribution in [0.3, 0.4) is 0 Å². The van der Waals surface area contributed by atoms with Crippen LogP contribution >= 0.6 is 0 Å². The maximum Gasteiger partial charge on any atom is 0.315 e. The van der Waals surface area contributed by atoms with Gasteiger partial charge in [0, 0.05) is 41.7 Å². The van der Waals surface area contributed by atoms with Gasteiger partial charge < -0.3 is 15.5 Å². The molecule has 9 heteroatoms. The molecule has 35 heavy (non-hydrogen) atoms. The van der Waals surface area contributed by atoms with Gasteiger partial charge in [-0.3, -0.25) is 14.9 Å². The predicted molar refractivity (Wildman–Crippen MR) is 124 cm³/mol. The van der Waals surface area contributed by atoms with Crippen molar-refractivity contribution in [2.45, 2.75) is 55.0 Å². The lowest BCUT2D eigenvalue weighted by Gasteiger charge is -2.71. The van der Waals surface area contributed by atoms with Crippen LogP contribution in [0.1, 0.15) is 49.1 Å². The Morgan fingerprint density at radius 1 is 1.03 bits per heavy atom. The number of imide groups is 1. The van der Waals surface area contributed by atoms with Crippen LogP contribution in [-0.2, 0) is 15.0 Å². The van der Waals surface area contributed by atoms with Crippen molar-refractivity contribution >= 4 is 23.5 Å². The molecule has 5 fully saturated rings. The molecule has 182 valence electrons. The minimum absolute atomic E-state index is 0.0487. The van der Waals surface area contributed by atoms with E-state index in [1.165, 1.54) is 17.7 Å². The molecule has 0 spiro atoms. The Bertz CT molecular complexity index is 1190. The topological polar surface area (TPSA) is 90.5 Å². The van der Waals surface area contributed by atoms with Crippen molar-refractivity contribution in [1.82, 2.24) is 16.0 Å². The molecule has 2 aromatic rings. The SMILES string of the molecule is O=C1CCC(c2c(F)cc(N3CC(NC(=O)NC45CC(c6ccccc6)(C4)C5)C3)cc2F)C(=O)N1.